The van der Waals surface area contributed by atoms with Crippen LogP contribution in [-0.2, 0) is 19.6 Å². The van der Waals surface area contributed by atoms with Crippen molar-refractivity contribution in [1.29, 1.82) is 0 Å². The highest BCUT2D eigenvalue weighted by Gasteiger charge is 2.34. The van der Waals surface area contributed by atoms with Crippen molar-refractivity contribution in [3.63, 3.8) is 0 Å². The molecule has 0 aromatic heterocycles. The van der Waals surface area contributed by atoms with Crippen molar-refractivity contribution in [2.75, 3.05) is 19.0 Å². The summed E-state index contributed by atoms with van der Waals surface area (Å²) in [6, 6.07) is 4.27. The number of carboxylic acids is 1. The van der Waals surface area contributed by atoms with Crippen LogP contribution in [0.15, 0.2) is 29.2 Å². The molecule has 1 aliphatic rings. The van der Waals surface area contributed by atoms with E-state index >= 15 is 0 Å². The van der Waals surface area contributed by atoms with Gasteiger partial charge in [0, 0.05) is 12.2 Å². The maximum absolute atomic E-state index is 12.6. The summed E-state index contributed by atoms with van der Waals surface area (Å²) in [6.07, 6.45) is 0.815. The van der Waals surface area contributed by atoms with Crippen molar-refractivity contribution in [3.05, 3.63) is 24.3 Å². The third kappa shape index (κ3) is 3.80. The van der Waals surface area contributed by atoms with Crippen molar-refractivity contribution in [2.24, 2.45) is 0 Å². The summed E-state index contributed by atoms with van der Waals surface area (Å²) in [7, 11) is -2.73. The Labute approximate surface area is 134 Å². The van der Waals surface area contributed by atoms with Gasteiger partial charge >= 0.3 is 6.09 Å². The fourth-order valence-corrected chi connectivity index (χ4v) is 4.09. The zero-order valence-corrected chi connectivity index (χ0v) is 13.3. The molecule has 0 bridgehead atoms. The number of hydrogen-bond donors (Lipinski definition) is 1. The smallest absolute Gasteiger partial charge is 0.411 e. The molecule has 1 aliphatic heterocycles. The van der Waals surface area contributed by atoms with Crippen LogP contribution >= 0.6 is 0 Å². The first-order valence-electron chi connectivity index (χ1n) is 7.04. The number of carboxylic acid groups (broad SMARTS) is 1. The van der Waals surface area contributed by atoms with Crippen molar-refractivity contribution >= 4 is 27.8 Å². The molecule has 2 rings (SSSR count). The number of piperidine rings is 1. The van der Waals surface area contributed by atoms with Crippen LogP contribution in [0, 0.1) is 0 Å². The third-order valence-corrected chi connectivity index (χ3v) is 5.54. The standard InChI is InChI=1S/C14H18N2O6S/c1-22-14(19)15-10-5-7-11(8-6-10)23(20,21)16-9-3-2-4-12(16)13(17)18/h5-8,12H,2-4,9H2,1H3,(H,15,19)(H,17,18)/p-1/t12-/m0/s1. The van der Waals surface area contributed by atoms with E-state index in [-0.39, 0.29) is 17.9 Å². The van der Waals surface area contributed by atoms with Gasteiger partial charge in [-0.15, -0.1) is 0 Å². The fraction of sp³-hybridized carbons (Fsp3) is 0.429. The number of hydrogen-bond acceptors (Lipinski definition) is 6. The Bertz CT molecular complexity index is 686. The monoisotopic (exact) mass is 341 g/mol. The van der Waals surface area contributed by atoms with E-state index in [1.807, 2.05) is 0 Å². The summed E-state index contributed by atoms with van der Waals surface area (Å²) < 4.78 is 30.6. The molecule has 9 heteroatoms. The number of amides is 1. The topological polar surface area (TPSA) is 116 Å². The number of rotatable bonds is 4. The van der Waals surface area contributed by atoms with Crippen molar-refractivity contribution < 1.29 is 27.9 Å². The van der Waals surface area contributed by atoms with Gasteiger partial charge in [-0.25, -0.2) is 13.2 Å². The summed E-state index contributed by atoms with van der Waals surface area (Å²) in [6.45, 7) is 0.142. The van der Waals surface area contributed by atoms with Crippen LogP contribution < -0.4 is 10.4 Å². The molecule has 1 aromatic carbocycles. The molecular weight excluding hydrogens is 324 g/mol. The molecule has 0 unspecified atom stereocenters. The normalized spacial score (nSPS) is 19.1. The second kappa shape index (κ2) is 6.97. The number of aliphatic carboxylic acids is 1. The summed E-state index contributed by atoms with van der Waals surface area (Å²) >= 11 is 0. The van der Waals surface area contributed by atoms with Gasteiger partial charge in [-0.05, 0) is 37.1 Å². The first kappa shape index (κ1) is 17.2. The van der Waals surface area contributed by atoms with Crippen LogP contribution in [0.25, 0.3) is 0 Å². The minimum atomic E-state index is -3.94. The molecule has 1 atom stereocenters. The molecule has 8 nitrogen and oxygen atoms in total. The number of nitrogens with one attached hydrogen (secondary N) is 1. The lowest BCUT2D eigenvalue weighted by atomic mass is 10.1. The molecule has 1 heterocycles. The largest absolute Gasteiger partial charge is 0.548 e. The van der Waals surface area contributed by atoms with Crippen LogP contribution in [0.5, 0.6) is 0 Å². The summed E-state index contributed by atoms with van der Waals surface area (Å²) in [5.74, 6) is -1.39. The van der Waals surface area contributed by atoms with Crippen LogP contribution in [-0.4, -0.2) is 44.5 Å². The van der Waals surface area contributed by atoms with Crippen LogP contribution in [0.2, 0.25) is 0 Å². The first-order chi connectivity index (χ1) is 10.9. The zero-order valence-electron chi connectivity index (χ0n) is 12.5. The van der Waals surface area contributed by atoms with Gasteiger partial charge in [0.05, 0.1) is 24.0 Å². The molecule has 1 aromatic rings. The molecule has 0 aliphatic carbocycles. The Hall–Kier alpha value is -2.13. The average Bonchev–Trinajstić information content (AvgIpc) is 2.55. The number of anilines is 1. The number of carbonyl (C=O) groups is 2. The van der Waals surface area contributed by atoms with E-state index in [0.29, 0.717) is 18.5 Å². The quantitative estimate of drug-likeness (QED) is 0.834. The maximum Gasteiger partial charge on any atom is 0.411 e. The highest BCUT2D eigenvalue weighted by Crippen LogP contribution is 2.26. The molecule has 1 saturated heterocycles. The van der Waals surface area contributed by atoms with Crippen molar-refractivity contribution in [2.45, 2.75) is 30.2 Å². The Morgan fingerprint density at radius 2 is 1.91 bits per heavy atom. The van der Waals surface area contributed by atoms with E-state index in [0.717, 1.165) is 4.31 Å². The van der Waals surface area contributed by atoms with E-state index in [2.05, 4.69) is 10.1 Å². The Kier molecular flexibility index (Phi) is 5.22. The van der Waals surface area contributed by atoms with Crippen molar-refractivity contribution in [3.8, 4) is 0 Å². The Morgan fingerprint density at radius 1 is 1.26 bits per heavy atom. The number of nitrogens with zero attached hydrogens (tertiary/aromatic N) is 1. The van der Waals surface area contributed by atoms with Gasteiger partial charge in [0.2, 0.25) is 10.0 Å². The number of sulfonamides is 1. The third-order valence-electron chi connectivity index (χ3n) is 3.62. The van der Waals surface area contributed by atoms with Crippen LogP contribution in [0.3, 0.4) is 0 Å². The average molecular weight is 341 g/mol. The zero-order chi connectivity index (χ0) is 17.0. The highest BCUT2D eigenvalue weighted by molar-refractivity contribution is 7.89. The molecule has 1 amide bonds. The highest BCUT2D eigenvalue weighted by atomic mass is 32.2. The second-order valence-corrected chi connectivity index (χ2v) is 6.98. The van der Waals surface area contributed by atoms with Gasteiger partial charge in [0.15, 0.2) is 0 Å². The summed E-state index contributed by atoms with van der Waals surface area (Å²) in [5, 5.41) is 13.6. The van der Waals surface area contributed by atoms with E-state index in [1.165, 1.54) is 31.4 Å². The molecular formula is C14H17N2O6S-. The molecule has 0 spiro atoms. The lowest BCUT2D eigenvalue weighted by Gasteiger charge is -2.35. The van der Waals surface area contributed by atoms with Crippen molar-refractivity contribution in [1.82, 2.24) is 4.31 Å². The van der Waals surface area contributed by atoms with E-state index in [1.54, 1.807) is 0 Å². The number of carbonyl (C=O) groups excluding carboxylic acids is 2. The molecule has 23 heavy (non-hydrogen) atoms. The Morgan fingerprint density at radius 3 is 2.48 bits per heavy atom. The second-order valence-electron chi connectivity index (χ2n) is 5.09. The van der Waals surface area contributed by atoms with Gasteiger partial charge < -0.3 is 14.6 Å². The minimum absolute atomic E-state index is 0.0407. The predicted molar refractivity (Wildman–Crippen MR) is 79.0 cm³/mol. The molecule has 1 fully saturated rings. The number of methoxy groups -OCH3 is 1. The minimum Gasteiger partial charge on any atom is -0.548 e. The van der Waals surface area contributed by atoms with Crippen LogP contribution in [0.1, 0.15) is 19.3 Å². The van der Waals surface area contributed by atoms with Gasteiger partial charge in [0.1, 0.15) is 0 Å². The molecule has 0 radical (unpaired) electrons. The first-order valence-corrected chi connectivity index (χ1v) is 8.48. The van der Waals surface area contributed by atoms with E-state index in [9.17, 15) is 23.1 Å². The van der Waals surface area contributed by atoms with E-state index < -0.39 is 28.1 Å². The van der Waals surface area contributed by atoms with Gasteiger partial charge in [-0.1, -0.05) is 6.42 Å². The van der Waals surface area contributed by atoms with Gasteiger partial charge in [-0.2, -0.15) is 4.31 Å². The lowest BCUT2D eigenvalue weighted by molar-refractivity contribution is -0.311. The Balaban J connectivity index is 2.24. The van der Waals surface area contributed by atoms with Gasteiger partial charge in [-0.3, -0.25) is 5.32 Å². The van der Waals surface area contributed by atoms with Crippen LogP contribution in [0.4, 0.5) is 10.5 Å². The fourth-order valence-electron chi connectivity index (χ4n) is 2.44. The lowest BCUT2D eigenvalue weighted by Crippen LogP contribution is -2.52. The summed E-state index contributed by atoms with van der Waals surface area (Å²) in [4.78, 5) is 22.2. The SMILES string of the molecule is COC(=O)Nc1ccc(S(=O)(=O)N2CCCC[C@H]2C(=O)[O-])cc1. The number of benzene rings is 1. The molecule has 0 saturated carbocycles. The predicted octanol–water partition coefficient (Wildman–Crippen LogP) is 0.158. The molecule has 1 N–H and O–H groups in total. The molecule has 126 valence electrons. The summed E-state index contributed by atoms with van der Waals surface area (Å²) in [5.41, 5.74) is 0.367. The van der Waals surface area contributed by atoms with E-state index in [4.69, 9.17) is 0 Å². The maximum atomic E-state index is 12.6. The van der Waals surface area contributed by atoms with Gasteiger partial charge in [0.25, 0.3) is 0 Å². The number of ether oxygens (including phenoxy) is 1.